The van der Waals surface area contributed by atoms with Gasteiger partial charge in [-0.05, 0) is 61.2 Å². The van der Waals surface area contributed by atoms with Crippen molar-refractivity contribution in [1.29, 1.82) is 0 Å². The van der Waals surface area contributed by atoms with Crippen LogP contribution in [-0.2, 0) is 14.6 Å². The van der Waals surface area contributed by atoms with E-state index in [4.69, 9.17) is 11.6 Å². The van der Waals surface area contributed by atoms with Crippen LogP contribution in [-0.4, -0.2) is 32.3 Å². The largest absolute Gasteiger partial charge is 0.338 e. The Morgan fingerprint density at radius 2 is 1.76 bits per heavy atom. The fraction of sp³-hybridized carbons (Fsp3) is 0.286. The molecule has 5 nitrogen and oxygen atoms in total. The second kappa shape index (κ2) is 7.46. The molecule has 2 aromatic carbocycles. The zero-order valence-corrected chi connectivity index (χ0v) is 17.4. The van der Waals surface area contributed by atoms with E-state index in [1.807, 2.05) is 0 Å². The monoisotopic (exact) mass is 434 g/mol. The SMILES string of the molecule is CC1CCN(C(=O)C2=CN(c3ccc(F)cc3)c3cc(Cl)ccc3S2(=O)=O)CC1. The summed E-state index contributed by atoms with van der Waals surface area (Å²) >= 11 is 6.10. The first-order valence-electron chi connectivity index (χ1n) is 9.38. The van der Waals surface area contributed by atoms with Gasteiger partial charge in [0.25, 0.3) is 5.91 Å². The number of fused-ring (bicyclic) bond motifs is 1. The van der Waals surface area contributed by atoms with Crippen molar-refractivity contribution in [3.8, 4) is 0 Å². The second-order valence-electron chi connectivity index (χ2n) is 7.43. The molecule has 2 aliphatic heterocycles. The van der Waals surface area contributed by atoms with Gasteiger partial charge in [-0.1, -0.05) is 18.5 Å². The molecule has 2 aliphatic rings. The van der Waals surface area contributed by atoms with Crippen LogP contribution in [0.3, 0.4) is 0 Å². The minimum absolute atomic E-state index is 0.00227. The molecule has 1 saturated heterocycles. The molecule has 0 bridgehead atoms. The molecule has 1 amide bonds. The molecule has 0 saturated carbocycles. The highest BCUT2D eigenvalue weighted by molar-refractivity contribution is 7.96. The fourth-order valence-electron chi connectivity index (χ4n) is 3.63. The average molecular weight is 435 g/mol. The van der Waals surface area contributed by atoms with Gasteiger partial charge in [-0.15, -0.1) is 0 Å². The minimum atomic E-state index is -4.02. The number of carbonyl (C=O) groups is 1. The summed E-state index contributed by atoms with van der Waals surface area (Å²) in [5.41, 5.74) is 0.857. The molecule has 4 rings (SSSR count). The van der Waals surface area contributed by atoms with Gasteiger partial charge in [-0.2, -0.15) is 0 Å². The van der Waals surface area contributed by atoms with Crippen LogP contribution in [0.1, 0.15) is 19.8 Å². The lowest BCUT2D eigenvalue weighted by molar-refractivity contribution is -0.127. The Morgan fingerprint density at radius 1 is 1.10 bits per heavy atom. The maximum absolute atomic E-state index is 13.4. The number of piperidine rings is 1. The number of halogens is 2. The highest BCUT2D eigenvalue weighted by Crippen LogP contribution is 2.41. The molecule has 0 spiro atoms. The molecule has 2 aromatic rings. The molecule has 0 N–H and O–H groups in total. The summed E-state index contributed by atoms with van der Waals surface area (Å²) in [4.78, 5) is 16.0. The van der Waals surface area contributed by atoms with Crippen LogP contribution >= 0.6 is 11.6 Å². The van der Waals surface area contributed by atoms with Gasteiger partial charge in [-0.3, -0.25) is 4.79 Å². The van der Waals surface area contributed by atoms with Crippen LogP contribution in [0.2, 0.25) is 5.02 Å². The zero-order chi connectivity index (χ0) is 20.8. The Bertz CT molecular complexity index is 1090. The molecule has 0 aromatic heterocycles. The number of hydrogen-bond donors (Lipinski definition) is 0. The lowest BCUT2D eigenvalue weighted by Crippen LogP contribution is -2.41. The van der Waals surface area contributed by atoms with Gasteiger partial charge in [0.1, 0.15) is 5.82 Å². The van der Waals surface area contributed by atoms with Crippen LogP contribution in [0.5, 0.6) is 0 Å². The van der Waals surface area contributed by atoms with E-state index in [1.54, 1.807) is 9.80 Å². The van der Waals surface area contributed by atoms with Gasteiger partial charge in [0, 0.05) is 30.0 Å². The van der Waals surface area contributed by atoms with E-state index in [9.17, 15) is 17.6 Å². The topological polar surface area (TPSA) is 57.7 Å². The first-order valence-corrected chi connectivity index (χ1v) is 11.2. The predicted octanol–water partition coefficient (Wildman–Crippen LogP) is 4.50. The van der Waals surface area contributed by atoms with Crippen LogP contribution in [0.15, 0.2) is 58.5 Å². The normalized spacial score (nSPS) is 18.9. The van der Waals surface area contributed by atoms with E-state index in [1.165, 1.54) is 48.7 Å². The smallest absolute Gasteiger partial charge is 0.267 e. The molecule has 2 heterocycles. The molecular formula is C21H20ClFN2O3S. The summed E-state index contributed by atoms with van der Waals surface area (Å²) in [5.74, 6) is -0.411. The summed E-state index contributed by atoms with van der Waals surface area (Å²) in [6.07, 6.45) is 3.00. The van der Waals surface area contributed by atoms with Crippen LogP contribution in [0.25, 0.3) is 0 Å². The molecule has 29 heavy (non-hydrogen) atoms. The maximum Gasteiger partial charge on any atom is 0.267 e. The number of carbonyl (C=O) groups excluding carboxylic acids is 1. The van der Waals surface area contributed by atoms with Crippen LogP contribution in [0.4, 0.5) is 15.8 Å². The lowest BCUT2D eigenvalue weighted by atomic mass is 9.99. The molecule has 0 radical (unpaired) electrons. The lowest BCUT2D eigenvalue weighted by Gasteiger charge is -2.33. The third kappa shape index (κ3) is 3.65. The molecule has 1 fully saturated rings. The van der Waals surface area contributed by atoms with Crippen LogP contribution in [0, 0.1) is 11.7 Å². The van der Waals surface area contributed by atoms with E-state index < -0.39 is 21.6 Å². The summed E-state index contributed by atoms with van der Waals surface area (Å²) in [7, 11) is -4.02. The molecule has 152 valence electrons. The summed E-state index contributed by atoms with van der Waals surface area (Å²) in [6.45, 7) is 3.17. The number of amides is 1. The van der Waals surface area contributed by atoms with E-state index >= 15 is 0 Å². The third-order valence-corrected chi connectivity index (χ3v) is 7.41. The fourth-order valence-corrected chi connectivity index (χ4v) is 5.32. The van der Waals surface area contributed by atoms with Gasteiger partial charge in [0.2, 0.25) is 9.84 Å². The van der Waals surface area contributed by atoms with Gasteiger partial charge in [0.15, 0.2) is 4.91 Å². The number of anilines is 2. The first-order chi connectivity index (χ1) is 13.8. The van der Waals surface area contributed by atoms with E-state index in [0.717, 1.165) is 12.8 Å². The van der Waals surface area contributed by atoms with Gasteiger partial charge >= 0.3 is 0 Å². The van der Waals surface area contributed by atoms with Gasteiger partial charge in [0.05, 0.1) is 10.6 Å². The number of rotatable bonds is 2. The quantitative estimate of drug-likeness (QED) is 0.698. The Balaban J connectivity index is 1.83. The molecular weight excluding hydrogens is 415 g/mol. The number of hydrogen-bond acceptors (Lipinski definition) is 4. The van der Waals surface area contributed by atoms with E-state index in [-0.39, 0.29) is 9.80 Å². The highest BCUT2D eigenvalue weighted by atomic mass is 35.5. The Labute approximate surface area is 174 Å². The van der Waals surface area contributed by atoms with Crippen molar-refractivity contribution < 1.29 is 17.6 Å². The third-order valence-electron chi connectivity index (χ3n) is 5.39. The zero-order valence-electron chi connectivity index (χ0n) is 15.8. The standard InChI is InChI=1S/C21H20ClFN2O3S/c1-14-8-10-24(11-9-14)21(26)20-13-25(17-5-3-16(23)4-6-17)18-12-15(22)2-7-19(18)29(20,27)28/h2-7,12-14H,8-11H2,1H3. The predicted molar refractivity (Wildman–Crippen MR) is 110 cm³/mol. The second-order valence-corrected chi connectivity index (χ2v) is 9.75. The summed E-state index contributed by atoms with van der Waals surface area (Å²) < 4.78 is 39.9. The first kappa shape index (κ1) is 19.9. The van der Waals surface area contributed by atoms with Gasteiger partial charge < -0.3 is 9.80 Å². The van der Waals surface area contributed by atoms with Crippen molar-refractivity contribution in [2.45, 2.75) is 24.7 Å². The Kier molecular flexibility index (Phi) is 5.12. The van der Waals surface area contributed by atoms with Crippen LogP contribution < -0.4 is 4.90 Å². The van der Waals surface area contributed by atoms with E-state index in [0.29, 0.717) is 35.4 Å². The summed E-state index contributed by atoms with van der Waals surface area (Å²) in [5, 5.41) is 0.360. The molecule has 0 atom stereocenters. The van der Waals surface area contributed by atoms with Gasteiger partial charge in [-0.25, -0.2) is 12.8 Å². The van der Waals surface area contributed by atoms with Crippen molar-refractivity contribution in [2.24, 2.45) is 5.92 Å². The average Bonchev–Trinajstić information content (AvgIpc) is 2.69. The maximum atomic E-state index is 13.4. The van der Waals surface area contributed by atoms with Crippen molar-refractivity contribution in [3.05, 3.63) is 64.4 Å². The summed E-state index contributed by atoms with van der Waals surface area (Å²) in [6, 6.07) is 10.0. The van der Waals surface area contributed by atoms with Crippen molar-refractivity contribution in [1.82, 2.24) is 4.90 Å². The number of nitrogens with zero attached hydrogens (tertiary/aromatic N) is 2. The number of benzene rings is 2. The number of sulfone groups is 1. The Hall–Kier alpha value is -2.38. The minimum Gasteiger partial charge on any atom is -0.338 e. The highest BCUT2D eigenvalue weighted by Gasteiger charge is 2.38. The van der Waals surface area contributed by atoms with Crippen molar-refractivity contribution in [3.63, 3.8) is 0 Å². The molecule has 8 heteroatoms. The molecule has 0 aliphatic carbocycles. The Morgan fingerprint density at radius 3 is 2.41 bits per heavy atom. The molecule has 0 unspecified atom stereocenters. The van der Waals surface area contributed by atoms with E-state index in [2.05, 4.69) is 6.92 Å². The van der Waals surface area contributed by atoms with Crippen molar-refractivity contribution in [2.75, 3.05) is 18.0 Å². The van der Waals surface area contributed by atoms with Crippen molar-refractivity contribution >= 4 is 38.7 Å². The number of likely N-dealkylation sites (tertiary alicyclic amines) is 1.